The summed E-state index contributed by atoms with van der Waals surface area (Å²) in [5.74, 6) is 0.586. The quantitative estimate of drug-likeness (QED) is 0.472. The van der Waals surface area contributed by atoms with Gasteiger partial charge in [0, 0.05) is 17.3 Å². The molecule has 0 fully saturated rings. The van der Waals surface area contributed by atoms with Crippen LogP contribution in [-0.4, -0.2) is 54.8 Å². The standard InChI is InChI=1S/C23H25N3O5S2/c1-5-30-21(27)12-19-24-17(22-25-23(2,3)14-31-22)13-26(19)20-10-9-18(32-20)15-7-6-8-16(11-15)33(4,28)29/h6-11,13H,5,12,14H2,1-4H3. The molecule has 0 spiro atoms. The number of esters is 1. The van der Waals surface area contributed by atoms with E-state index in [-0.39, 0.29) is 29.4 Å². The average Bonchev–Trinajstić information content (AvgIpc) is 3.46. The Kier molecular flexibility index (Phi) is 6.15. The number of carbonyl (C=O) groups excluding carboxylic acids is 1. The summed E-state index contributed by atoms with van der Waals surface area (Å²) in [6, 6.07) is 10.7. The number of imidazole rings is 1. The molecule has 4 rings (SSSR count). The van der Waals surface area contributed by atoms with Gasteiger partial charge in [-0.2, -0.15) is 0 Å². The van der Waals surface area contributed by atoms with Gasteiger partial charge in [0.15, 0.2) is 9.84 Å². The van der Waals surface area contributed by atoms with Crippen molar-refractivity contribution in [3.8, 4) is 15.4 Å². The van der Waals surface area contributed by atoms with Crippen molar-refractivity contribution in [3.63, 3.8) is 0 Å². The van der Waals surface area contributed by atoms with Gasteiger partial charge in [0.05, 0.1) is 17.0 Å². The van der Waals surface area contributed by atoms with Crippen LogP contribution in [0.25, 0.3) is 15.4 Å². The van der Waals surface area contributed by atoms with Gasteiger partial charge in [-0.3, -0.25) is 9.36 Å². The summed E-state index contributed by atoms with van der Waals surface area (Å²) in [6.45, 7) is 6.47. The van der Waals surface area contributed by atoms with Crippen molar-refractivity contribution in [3.05, 3.63) is 54.1 Å². The van der Waals surface area contributed by atoms with E-state index in [4.69, 9.17) is 9.47 Å². The van der Waals surface area contributed by atoms with E-state index in [1.54, 1.807) is 31.3 Å². The number of nitrogens with zero attached hydrogens (tertiary/aromatic N) is 3. The largest absolute Gasteiger partial charge is 0.474 e. The molecule has 1 aliphatic rings. The van der Waals surface area contributed by atoms with Crippen LogP contribution in [0.3, 0.4) is 0 Å². The summed E-state index contributed by atoms with van der Waals surface area (Å²) >= 11 is 1.46. The smallest absolute Gasteiger partial charge is 0.313 e. The summed E-state index contributed by atoms with van der Waals surface area (Å²) in [7, 11) is -3.31. The Hall–Kier alpha value is -2.98. The molecule has 0 N–H and O–H groups in total. The average molecular weight is 488 g/mol. The minimum Gasteiger partial charge on any atom is -0.474 e. The molecule has 0 radical (unpaired) electrons. The third kappa shape index (κ3) is 5.17. The highest BCUT2D eigenvalue weighted by Crippen LogP contribution is 2.33. The van der Waals surface area contributed by atoms with Crippen LogP contribution >= 0.6 is 11.3 Å². The molecule has 174 valence electrons. The number of benzene rings is 1. The fourth-order valence-electron chi connectivity index (χ4n) is 3.39. The molecule has 0 bridgehead atoms. The second-order valence-corrected chi connectivity index (χ2v) is 11.4. The highest BCUT2D eigenvalue weighted by molar-refractivity contribution is 7.90. The molecule has 1 aliphatic heterocycles. The molecule has 3 heterocycles. The number of carbonyl (C=O) groups is 1. The Labute approximate surface area is 196 Å². The van der Waals surface area contributed by atoms with E-state index in [1.807, 2.05) is 36.6 Å². The Bertz CT molecular complexity index is 1340. The van der Waals surface area contributed by atoms with Gasteiger partial charge in [-0.1, -0.05) is 12.1 Å². The number of aliphatic imine (C=N–C) groups is 1. The Morgan fingerprint density at radius 3 is 2.73 bits per heavy atom. The van der Waals surface area contributed by atoms with E-state index in [9.17, 15) is 13.2 Å². The molecule has 2 aromatic heterocycles. The second-order valence-electron chi connectivity index (χ2n) is 8.35. The van der Waals surface area contributed by atoms with E-state index in [2.05, 4.69) is 9.98 Å². The van der Waals surface area contributed by atoms with Crippen LogP contribution in [0.15, 0.2) is 52.5 Å². The number of hydrogen-bond donors (Lipinski definition) is 0. The number of thiophene rings is 1. The lowest BCUT2D eigenvalue weighted by Gasteiger charge is -2.07. The fourth-order valence-corrected chi connectivity index (χ4v) is 5.05. The van der Waals surface area contributed by atoms with Crippen LogP contribution in [0.5, 0.6) is 0 Å². The van der Waals surface area contributed by atoms with Crippen molar-refractivity contribution in [2.45, 2.75) is 37.6 Å². The fraction of sp³-hybridized carbons (Fsp3) is 0.348. The number of sulfone groups is 1. The third-order valence-electron chi connectivity index (χ3n) is 4.95. The van der Waals surface area contributed by atoms with Gasteiger partial charge in [0.2, 0.25) is 5.90 Å². The van der Waals surface area contributed by atoms with Gasteiger partial charge >= 0.3 is 5.97 Å². The normalized spacial score (nSPS) is 15.2. The summed E-state index contributed by atoms with van der Waals surface area (Å²) in [6.07, 6.45) is 2.99. The molecule has 8 nitrogen and oxygen atoms in total. The predicted molar refractivity (Wildman–Crippen MR) is 127 cm³/mol. The maximum absolute atomic E-state index is 12.2. The lowest BCUT2D eigenvalue weighted by molar-refractivity contribution is -0.142. The zero-order valence-electron chi connectivity index (χ0n) is 18.9. The molecular weight excluding hydrogens is 462 g/mol. The van der Waals surface area contributed by atoms with Gasteiger partial charge in [-0.25, -0.2) is 18.4 Å². The molecule has 0 unspecified atom stereocenters. The Balaban J connectivity index is 1.73. The Morgan fingerprint density at radius 1 is 1.27 bits per heavy atom. The number of ether oxygens (including phenoxy) is 2. The highest BCUT2D eigenvalue weighted by Gasteiger charge is 2.29. The molecule has 0 amide bonds. The number of rotatable bonds is 7. The summed E-state index contributed by atoms with van der Waals surface area (Å²) in [4.78, 5) is 22.6. The molecule has 0 atom stereocenters. The lowest BCUT2D eigenvalue weighted by atomic mass is 10.1. The van der Waals surface area contributed by atoms with Crippen molar-refractivity contribution >= 4 is 33.0 Å². The maximum atomic E-state index is 12.2. The molecule has 33 heavy (non-hydrogen) atoms. The SMILES string of the molecule is CCOC(=O)Cc1nc(C2=NC(C)(C)CO2)cn1-c1ccc(-c2cccc(S(C)(=O)=O)c2)s1. The van der Waals surface area contributed by atoms with E-state index in [1.165, 1.54) is 17.6 Å². The van der Waals surface area contributed by atoms with Gasteiger partial charge < -0.3 is 9.47 Å². The van der Waals surface area contributed by atoms with Gasteiger partial charge in [0.1, 0.15) is 29.5 Å². The van der Waals surface area contributed by atoms with Crippen molar-refractivity contribution in [2.24, 2.45) is 4.99 Å². The summed E-state index contributed by atoms with van der Waals surface area (Å²) < 4.78 is 36.6. The lowest BCUT2D eigenvalue weighted by Crippen LogP contribution is -2.17. The maximum Gasteiger partial charge on any atom is 0.313 e. The minimum absolute atomic E-state index is 0.00130. The van der Waals surface area contributed by atoms with Crippen molar-refractivity contribution in [1.29, 1.82) is 0 Å². The van der Waals surface area contributed by atoms with Crippen molar-refractivity contribution in [2.75, 3.05) is 19.5 Å². The first kappa shape index (κ1) is 23.2. The first-order valence-electron chi connectivity index (χ1n) is 10.4. The van der Waals surface area contributed by atoms with Gasteiger partial charge in [0.25, 0.3) is 0 Å². The van der Waals surface area contributed by atoms with E-state index < -0.39 is 9.84 Å². The summed E-state index contributed by atoms with van der Waals surface area (Å²) in [5.41, 5.74) is 1.02. The van der Waals surface area contributed by atoms with E-state index >= 15 is 0 Å². The predicted octanol–water partition coefficient (Wildman–Crippen LogP) is 3.67. The second kappa shape index (κ2) is 8.75. The van der Waals surface area contributed by atoms with Crippen molar-refractivity contribution < 1.29 is 22.7 Å². The first-order valence-corrected chi connectivity index (χ1v) is 13.1. The molecular formula is C23H25N3O5S2. The Morgan fingerprint density at radius 2 is 2.06 bits per heavy atom. The van der Waals surface area contributed by atoms with E-state index in [0.717, 1.165) is 15.4 Å². The number of hydrogen-bond acceptors (Lipinski definition) is 8. The molecule has 0 saturated carbocycles. The van der Waals surface area contributed by atoms with Crippen molar-refractivity contribution in [1.82, 2.24) is 9.55 Å². The van der Waals surface area contributed by atoms with Crippen LogP contribution in [-0.2, 0) is 30.5 Å². The van der Waals surface area contributed by atoms with Crippen LogP contribution in [0, 0.1) is 0 Å². The molecule has 10 heteroatoms. The molecule has 0 aliphatic carbocycles. The van der Waals surface area contributed by atoms with Crippen LogP contribution in [0.2, 0.25) is 0 Å². The van der Waals surface area contributed by atoms with Gasteiger partial charge in [-0.15, -0.1) is 11.3 Å². The topological polar surface area (TPSA) is 99.8 Å². The van der Waals surface area contributed by atoms with Crippen LogP contribution in [0.1, 0.15) is 32.3 Å². The van der Waals surface area contributed by atoms with Crippen LogP contribution in [0.4, 0.5) is 0 Å². The first-order chi connectivity index (χ1) is 15.6. The van der Waals surface area contributed by atoms with Gasteiger partial charge in [-0.05, 0) is 50.6 Å². The number of aromatic nitrogens is 2. The highest BCUT2D eigenvalue weighted by atomic mass is 32.2. The minimum atomic E-state index is -3.31. The molecule has 0 saturated heterocycles. The third-order valence-corrected chi connectivity index (χ3v) is 7.19. The zero-order valence-corrected chi connectivity index (χ0v) is 20.5. The van der Waals surface area contributed by atoms with Crippen LogP contribution < -0.4 is 0 Å². The molecule has 1 aromatic carbocycles. The molecule has 3 aromatic rings. The summed E-state index contributed by atoms with van der Waals surface area (Å²) in [5, 5.41) is 0.825. The zero-order chi connectivity index (χ0) is 23.8. The van der Waals surface area contributed by atoms with E-state index in [0.29, 0.717) is 24.0 Å². The monoisotopic (exact) mass is 487 g/mol.